The van der Waals surface area contributed by atoms with Crippen molar-refractivity contribution in [3.8, 4) is 0 Å². The largest absolute Gasteiger partial charge is 0.469 e. The minimum absolute atomic E-state index is 0.0875. The van der Waals surface area contributed by atoms with Crippen LogP contribution in [0.5, 0.6) is 0 Å². The van der Waals surface area contributed by atoms with Crippen molar-refractivity contribution in [3.05, 3.63) is 58.0 Å². The lowest BCUT2D eigenvalue weighted by Gasteiger charge is -2.11. The summed E-state index contributed by atoms with van der Waals surface area (Å²) in [5.74, 6) is -1.35. The molecule has 1 atom stereocenters. The van der Waals surface area contributed by atoms with Crippen molar-refractivity contribution in [1.82, 2.24) is 0 Å². The second-order valence-corrected chi connectivity index (χ2v) is 4.43. The van der Waals surface area contributed by atoms with Crippen molar-refractivity contribution in [2.45, 2.75) is 12.3 Å². The van der Waals surface area contributed by atoms with Gasteiger partial charge in [0.2, 0.25) is 0 Å². The van der Waals surface area contributed by atoms with E-state index in [0.29, 0.717) is 16.9 Å². The van der Waals surface area contributed by atoms with Crippen LogP contribution in [0, 0.1) is 18.6 Å². The van der Waals surface area contributed by atoms with Crippen LogP contribution in [0.1, 0.15) is 22.3 Å². The van der Waals surface area contributed by atoms with Gasteiger partial charge in [-0.1, -0.05) is 11.6 Å². The fourth-order valence-corrected chi connectivity index (χ4v) is 2.28. The molecule has 1 unspecified atom stereocenters. The van der Waals surface area contributed by atoms with Gasteiger partial charge in [-0.05, 0) is 30.7 Å². The molecule has 0 saturated heterocycles. The quantitative estimate of drug-likeness (QED) is 0.565. The van der Waals surface area contributed by atoms with E-state index in [9.17, 15) is 8.78 Å². The maximum Gasteiger partial charge on any atom is 0.160 e. The second-order valence-electron chi connectivity index (χ2n) is 3.58. The highest BCUT2D eigenvalue weighted by Crippen LogP contribution is 2.36. The number of hydrogen-bond acceptors (Lipinski definition) is 1. The predicted molar refractivity (Wildman–Crippen MR) is 62.5 cm³/mol. The van der Waals surface area contributed by atoms with Crippen molar-refractivity contribution in [2.75, 3.05) is 0 Å². The van der Waals surface area contributed by atoms with Crippen LogP contribution < -0.4 is 0 Å². The highest BCUT2D eigenvalue weighted by atomic mass is 35.5. The lowest BCUT2D eigenvalue weighted by molar-refractivity contribution is 0.507. The van der Waals surface area contributed by atoms with Crippen molar-refractivity contribution < 1.29 is 13.2 Å². The Balaban J connectivity index is 2.48. The van der Waals surface area contributed by atoms with Gasteiger partial charge in [-0.25, -0.2) is 8.78 Å². The first-order valence-electron chi connectivity index (χ1n) is 4.83. The first-order chi connectivity index (χ1) is 8.00. The maximum atomic E-state index is 13.1. The van der Waals surface area contributed by atoms with Crippen LogP contribution in [0.25, 0.3) is 0 Å². The van der Waals surface area contributed by atoms with Crippen LogP contribution in [0.4, 0.5) is 8.78 Å². The molecule has 17 heavy (non-hydrogen) atoms. The van der Waals surface area contributed by atoms with Gasteiger partial charge in [0.25, 0.3) is 0 Å². The molecule has 0 amide bonds. The Morgan fingerprint density at radius 3 is 2.41 bits per heavy atom. The molecule has 1 nitrogen and oxygen atoms in total. The minimum Gasteiger partial charge on any atom is -0.469 e. The SMILES string of the molecule is Cc1occc1C(Cl)c1cc(F)c(F)cc1Cl. The molecule has 1 aromatic heterocycles. The number of halogens is 4. The monoisotopic (exact) mass is 276 g/mol. The molecule has 0 N–H and O–H groups in total. The van der Waals surface area contributed by atoms with Crippen LogP contribution in [0.15, 0.2) is 28.9 Å². The third-order valence-corrected chi connectivity index (χ3v) is 3.28. The molecule has 0 saturated carbocycles. The molecule has 0 aliphatic carbocycles. The topological polar surface area (TPSA) is 13.1 Å². The molecule has 1 aromatic carbocycles. The number of alkyl halides is 1. The van der Waals surface area contributed by atoms with E-state index >= 15 is 0 Å². The first kappa shape index (κ1) is 12.4. The highest BCUT2D eigenvalue weighted by Gasteiger charge is 2.20. The van der Waals surface area contributed by atoms with E-state index in [4.69, 9.17) is 27.6 Å². The van der Waals surface area contributed by atoms with Gasteiger partial charge in [-0.2, -0.15) is 0 Å². The minimum atomic E-state index is -0.994. The van der Waals surface area contributed by atoms with Crippen LogP contribution in [0.3, 0.4) is 0 Å². The molecule has 2 rings (SSSR count). The molecule has 0 fully saturated rings. The molecule has 0 aliphatic rings. The summed E-state index contributed by atoms with van der Waals surface area (Å²) in [5, 5.41) is -0.583. The van der Waals surface area contributed by atoms with Gasteiger partial charge in [0.05, 0.1) is 11.6 Å². The van der Waals surface area contributed by atoms with Crippen molar-refractivity contribution in [2.24, 2.45) is 0 Å². The molecule has 2 aromatic rings. The second kappa shape index (κ2) is 4.67. The summed E-state index contributed by atoms with van der Waals surface area (Å²) in [4.78, 5) is 0. The van der Waals surface area contributed by atoms with E-state index in [0.717, 1.165) is 12.1 Å². The Labute approximate surface area is 107 Å². The highest BCUT2D eigenvalue weighted by molar-refractivity contribution is 6.33. The standard InChI is InChI=1S/C12H8Cl2F2O/c1-6-7(2-3-17-6)12(14)8-4-10(15)11(16)5-9(8)13/h2-5,12H,1H3. The zero-order valence-corrected chi connectivity index (χ0v) is 10.3. The fourth-order valence-electron chi connectivity index (χ4n) is 1.56. The van der Waals surface area contributed by atoms with Gasteiger partial charge in [0.1, 0.15) is 5.76 Å². The van der Waals surface area contributed by atoms with Crippen LogP contribution in [0.2, 0.25) is 5.02 Å². The lowest BCUT2D eigenvalue weighted by Crippen LogP contribution is -1.97. The smallest absolute Gasteiger partial charge is 0.160 e. The van der Waals surface area contributed by atoms with Gasteiger partial charge in [-0.3, -0.25) is 0 Å². The Bertz CT molecular complexity index is 551. The zero-order chi connectivity index (χ0) is 12.6. The van der Waals surface area contributed by atoms with Crippen LogP contribution in [-0.2, 0) is 0 Å². The molecule has 0 spiro atoms. The van der Waals surface area contributed by atoms with E-state index in [2.05, 4.69) is 0 Å². The van der Waals surface area contributed by atoms with Gasteiger partial charge >= 0.3 is 0 Å². The molecular formula is C12H8Cl2F2O. The Kier molecular flexibility index (Phi) is 3.40. The molecule has 1 heterocycles. The first-order valence-corrected chi connectivity index (χ1v) is 5.64. The van der Waals surface area contributed by atoms with E-state index in [1.54, 1.807) is 13.0 Å². The normalized spacial score (nSPS) is 12.8. The summed E-state index contributed by atoms with van der Waals surface area (Å²) in [7, 11) is 0. The number of furan rings is 1. The number of benzene rings is 1. The summed E-state index contributed by atoms with van der Waals surface area (Å²) in [6.07, 6.45) is 1.48. The van der Waals surface area contributed by atoms with Crippen molar-refractivity contribution in [1.29, 1.82) is 0 Å². The van der Waals surface area contributed by atoms with Gasteiger partial charge in [0, 0.05) is 10.6 Å². The molecule has 0 aliphatic heterocycles. The van der Waals surface area contributed by atoms with Gasteiger partial charge in [-0.15, -0.1) is 11.6 Å². The maximum absolute atomic E-state index is 13.1. The van der Waals surface area contributed by atoms with E-state index < -0.39 is 17.0 Å². The lowest BCUT2D eigenvalue weighted by atomic mass is 10.0. The Morgan fingerprint density at radius 2 is 1.82 bits per heavy atom. The van der Waals surface area contributed by atoms with Crippen LogP contribution in [-0.4, -0.2) is 0 Å². The zero-order valence-electron chi connectivity index (χ0n) is 8.81. The molecular weight excluding hydrogens is 269 g/mol. The fraction of sp³-hybridized carbons (Fsp3) is 0.167. The molecule has 5 heteroatoms. The number of hydrogen-bond donors (Lipinski definition) is 0. The molecule has 0 bridgehead atoms. The average Bonchev–Trinajstić information content (AvgIpc) is 2.69. The summed E-state index contributed by atoms with van der Waals surface area (Å²) in [5.41, 5.74) is 0.997. The summed E-state index contributed by atoms with van der Waals surface area (Å²) in [6.45, 7) is 1.73. The van der Waals surface area contributed by atoms with Crippen molar-refractivity contribution >= 4 is 23.2 Å². The molecule has 90 valence electrons. The van der Waals surface area contributed by atoms with Gasteiger partial charge < -0.3 is 4.42 Å². The number of rotatable bonds is 2. The Morgan fingerprint density at radius 1 is 1.18 bits per heavy atom. The van der Waals surface area contributed by atoms with E-state index in [-0.39, 0.29) is 5.02 Å². The summed E-state index contributed by atoms with van der Waals surface area (Å²) in [6, 6.07) is 3.59. The third kappa shape index (κ3) is 2.31. The van der Waals surface area contributed by atoms with Crippen LogP contribution >= 0.6 is 23.2 Å². The van der Waals surface area contributed by atoms with E-state index in [1.807, 2.05) is 0 Å². The Hall–Kier alpha value is -1.06. The third-order valence-electron chi connectivity index (χ3n) is 2.48. The average molecular weight is 277 g/mol. The molecule has 0 radical (unpaired) electrons. The predicted octanol–water partition coefficient (Wildman–Crippen LogP) is 4.85. The summed E-state index contributed by atoms with van der Waals surface area (Å²) >= 11 is 12.0. The van der Waals surface area contributed by atoms with Gasteiger partial charge in [0.15, 0.2) is 11.6 Å². The number of aryl methyl sites for hydroxylation is 1. The van der Waals surface area contributed by atoms with E-state index in [1.165, 1.54) is 6.26 Å². The summed E-state index contributed by atoms with van der Waals surface area (Å²) < 4.78 is 31.2. The van der Waals surface area contributed by atoms with Crippen molar-refractivity contribution in [3.63, 3.8) is 0 Å².